The Bertz CT molecular complexity index is 398. The fourth-order valence-electron chi connectivity index (χ4n) is 2.74. The molecule has 6 nitrogen and oxygen atoms in total. The molecule has 2 saturated heterocycles. The summed E-state index contributed by atoms with van der Waals surface area (Å²) in [7, 11) is -3.15. The summed E-state index contributed by atoms with van der Waals surface area (Å²) in [4.78, 5) is 12.0. The summed E-state index contributed by atoms with van der Waals surface area (Å²) in [6.45, 7) is 0.532. The third kappa shape index (κ3) is 1.49. The molecular weight excluding hydrogens is 232 g/mol. The smallest absolute Gasteiger partial charge is 0.407 e. The second kappa shape index (κ2) is 3.59. The van der Waals surface area contributed by atoms with Crippen molar-refractivity contribution in [2.45, 2.75) is 30.1 Å². The van der Waals surface area contributed by atoms with E-state index in [1.807, 2.05) is 0 Å². The van der Waals surface area contributed by atoms with Crippen molar-refractivity contribution in [3.05, 3.63) is 0 Å². The van der Waals surface area contributed by atoms with Crippen molar-refractivity contribution in [2.75, 3.05) is 18.8 Å². The lowest BCUT2D eigenvalue weighted by Gasteiger charge is -2.39. The fourth-order valence-corrected chi connectivity index (χ4v) is 5.09. The van der Waals surface area contributed by atoms with E-state index in [9.17, 15) is 13.2 Å². The van der Waals surface area contributed by atoms with Crippen LogP contribution in [0.1, 0.15) is 19.3 Å². The Hall–Kier alpha value is -0.820. The molecule has 92 valence electrons. The lowest BCUT2D eigenvalue weighted by atomic mass is 9.88. The summed E-state index contributed by atoms with van der Waals surface area (Å²) < 4.78 is 23.1. The zero-order valence-corrected chi connectivity index (χ0v) is 9.74. The molecule has 2 rings (SSSR count). The van der Waals surface area contributed by atoms with Crippen molar-refractivity contribution in [3.63, 3.8) is 0 Å². The number of hydrogen-bond donors (Lipinski definition) is 2. The van der Waals surface area contributed by atoms with Crippen molar-refractivity contribution in [1.82, 2.24) is 4.90 Å². The molecule has 16 heavy (non-hydrogen) atoms. The molecule has 0 aliphatic carbocycles. The van der Waals surface area contributed by atoms with E-state index in [1.54, 1.807) is 0 Å². The van der Waals surface area contributed by atoms with Crippen LogP contribution in [0.3, 0.4) is 0 Å². The first kappa shape index (κ1) is 11.7. The molecule has 3 N–H and O–H groups in total. The van der Waals surface area contributed by atoms with Crippen LogP contribution < -0.4 is 5.73 Å². The Balaban J connectivity index is 2.20. The third-order valence-electron chi connectivity index (χ3n) is 3.87. The van der Waals surface area contributed by atoms with E-state index in [1.165, 1.54) is 4.90 Å². The van der Waals surface area contributed by atoms with Gasteiger partial charge in [-0.3, -0.25) is 0 Å². The summed E-state index contributed by atoms with van der Waals surface area (Å²) in [5.41, 5.74) is 5.90. The van der Waals surface area contributed by atoms with Crippen molar-refractivity contribution in [3.8, 4) is 0 Å². The molecule has 2 heterocycles. The normalized spacial score (nSPS) is 31.8. The van der Waals surface area contributed by atoms with Gasteiger partial charge in [-0.2, -0.15) is 0 Å². The number of amides is 1. The molecular formula is C9H16N2O4S. The highest BCUT2D eigenvalue weighted by Gasteiger charge is 2.54. The maximum absolute atomic E-state index is 12.0. The summed E-state index contributed by atoms with van der Waals surface area (Å²) in [6.07, 6.45) is 0.180. The van der Waals surface area contributed by atoms with Gasteiger partial charge in [-0.25, -0.2) is 13.2 Å². The Morgan fingerprint density at radius 2 is 1.94 bits per heavy atom. The standard InChI is InChI=1S/C9H16N2O4S/c10-7-1-6-16(14,15)9(7)2-4-11(5-3-9)8(12)13/h7H,1-6,10H2,(H,12,13). The highest BCUT2D eigenvalue weighted by atomic mass is 32.2. The van der Waals surface area contributed by atoms with E-state index in [0.29, 0.717) is 19.3 Å². The topological polar surface area (TPSA) is 101 Å². The van der Waals surface area contributed by atoms with Crippen LogP contribution in [0.5, 0.6) is 0 Å². The van der Waals surface area contributed by atoms with Gasteiger partial charge in [-0.05, 0) is 19.3 Å². The van der Waals surface area contributed by atoms with E-state index in [0.717, 1.165) is 0 Å². The Morgan fingerprint density at radius 1 is 1.38 bits per heavy atom. The molecule has 0 aromatic carbocycles. The first-order chi connectivity index (χ1) is 7.39. The Labute approximate surface area is 94.3 Å². The van der Waals surface area contributed by atoms with Gasteiger partial charge in [0.25, 0.3) is 0 Å². The van der Waals surface area contributed by atoms with E-state index < -0.39 is 20.7 Å². The number of likely N-dealkylation sites (tertiary alicyclic amines) is 1. The largest absolute Gasteiger partial charge is 0.465 e. The van der Waals surface area contributed by atoms with Crippen molar-refractivity contribution >= 4 is 15.9 Å². The molecule has 7 heteroatoms. The van der Waals surface area contributed by atoms with Gasteiger partial charge >= 0.3 is 6.09 Å². The molecule has 1 atom stereocenters. The number of nitrogens with two attached hydrogens (primary N) is 1. The highest BCUT2D eigenvalue weighted by Crippen LogP contribution is 2.40. The number of piperidine rings is 1. The van der Waals surface area contributed by atoms with Crippen LogP contribution in [0.25, 0.3) is 0 Å². The lowest BCUT2D eigenvalue weighted by Crippen LogP contribution is -2.56. The second-order valence-electron chi connectivity index (χ2n) is 4.55. The minimum Gasteiger partial charge on any atom is -0.465 e. The van der Waals surface area contributed by atoms with Gasteiger partial charge in [0.05, 0.1) is 10.5 Å². The number of nitrogens with zero attached hydrogens (tertiary/aromatic N) is 1. The zero-order valence-electron chi connectivity index (χ0n) is 8.92. The minimum atomic E-state index is -3.15. The van der Waals surface area contributed by atoms with Crippen LogP contribution in [-0.2, 0) is 9.84 Å². The summed E-state index contributed by atoms with van der Waals surface area (Å²) in [5.74, 6) is 0.140. The quantitative estimate of drug-likeness (QED) is 0.610. The average molecular weight is 248 g/mol. The number of hydrogen-bond acceptors (Lipinski definition) is 4. The van der Waals surface area contributed by atoms with E-state index in [4.69, 9.17) is 10.8 Å². The van der Waals surface area contributed by atoms with E-state index in [2.05, 4.69) is 0 Å². The first-order valence-corrected chi connectivity index (χ1v) is 7.00. The van der Waals surface area contributed by atoms with Crippen molar-refractivity contribution in [1.29, 1.82) is 0 Å². The van der Waals surface area contributed by atoms with Crippen LogP contribution >= 0.6 is 0 Å². The van der Waals surface area contributed by atoms with Crippen LogP contribution in [-0.4, -0.2) is 54.1 Å². The fraction of sp³-hybridized carbons (Fsp3) is 0.889. The van der Waals surface area contributed by atoms with Crippen LogP contribution in [0.4, 0.5) is 4.79 Å². The molecule has 2 aliphatic rings. The molecule has 2 aliphatic heterocycles. The van der Waals surface area contributed by atoms with Gasteiger partial charge in [0, 0.05) is 19.1 Å². The van der Waals surface area contributed by atoms with Gasteiger partial charge in [0.15, 0.2) is 9.84 Å². The third-order valence-corrected chi connectivity index (χ3v) is 6.60. The summed E-state index contributed by atoms with van der Waals surface area (Å²) in [5, 5.41) is 8.81. The monoisotopic (exact) mass is 248 g/mol. The Morgan fingerprint density at radius 3 is 2.31 bits per heavy atom. The molecule has 0 aromatic heterocycles. The van der Waals surface area contributed by atoms with Crippen molar-refractivity contribution in [2.24, 2.45) is 5.73 Å². The van der Waals surface area contributed by atoms with Gasteiger partial charge < -0.3 is 15.7 Å². The van der Waals surface area contributed by atoms with E-state index >= 15 is 0 Å². The minimum absolute atomic E-state index is 0.140. The molecule has 0 aromatic rings. The predicted molar refractivity (Wildman–Crippen MR) is 57.9 cm³/mol. The summed E-state index contributed by atoms with van der Waals surface area (Å²) >= 11 is 0. The van der Waals surface area contributed by atoms with Crippen LogP contribution in [0.2, 0.25) is 0 Å². The van der Waals surface area contributed by atoms with Gasteiger partial charge in [-0.15, -0.1) is 0 Å². The number of carbonyl (C=O) groups is 1. The first-order valence-electron chi connectivity index (χ1n) is 5.35. The number of carboxylic acid groups (broad SMARTS) is 1. The number of sulfone groups is 1. The molecule has 1 amide bonds. The molecule has 0 bridgehead atoms. The average Bonchev–Trinajstić information content (AvgIpc) is 2.44. The zero-order chi connectivity index (χ0) is 12.0. The molecule has 1 unspecified atom stereocenters. The van der Waals surface area contributed by atoms with Crippen LogP contribution in [0.15, 0.2) is 0 Å². The SMILES string of the molecule is NC1CCS(=O)(=O)C12CCN(C(=O)O)CC2. The molecule has 0 radical (unpaired) electrons. The van der Waals surface area contributed by atoms with Crippen LogP contribution in [0, 0.1) is 0 Å². The highest BCUT2D eigenvalue weighted by molar-refractivity contribution is 7.93. The lowest BCUT2D eigenvalue weighted by molar-refractivity contribution is 0.125. The van der Waals surface area contributed by atoms with Gasteiger partial charge in [0.1, 0.15) is 0 Å². The Kier molecular flexibility index (Phi) is 2.62. The molecule has 1 spiro atoms. The maximum Gasteiger partial charge on any atom is 0.407 e. The summed E-state index contributed by atoms with van der Waals surface area (Å²) in [6, 6.07) is -0.339. The van der Waals surface area contributed by atoms with E-state index in [-0.39, 0.29) is 24.9 Å². The van der Waals surface area contributed by atoms with Crippen molar-refractivity contribution < 1.29 is 18.3 Å². The predicted octanol–water partition coefficient (Wildman–Crippen LogP) is -0.355. The second-order valence-corrected chi connectivity index (χ2v) is 7.00. The maximum atomic E-state index is 12.0. The number of rotatable bonds is 0. The molecule has 2 fully saturated rings. The van der Waals surface area contributed by atoms with Gasteiger partial charge in [0.2, 0.25) is 0 Å². The van der Waals surface area contributed by atoms with Gasteiger partial charge in [-0.1, -0.05) is 0 Å². The molecule has 0 saturated carbocycles.